The highest BCUT2D eigenvalue weighted by Crippen LogP contribution is 2.49. The fourth-order valence-corrected chi connectivity index (χ4v) is 6.78. The monoisotopic (exact) mass is 529 g/mol. The fraction of sp³-hybridized carbons (Fsp3) is 0.133. The van der Waals surface area contributed by atoms with E-state index < -0.39 is 32.0 Å². The second-order valence-corrected chi connectivity index (χ2v) is 11.9. The summed E-state index contributed by atoms with van der Waals surface area (Å²) in [6.45, 7) is 0. The zero-order valence-electron chi connectivity index (χ0n) is 14.5. The van der Waals surface area contributed by atoms with E-state index in [2.05, 4.69) is 0 Å². The number of nitrogens with zero attached hydrogens (tertiary/aromatic N) is 2. The molecule has 4 rings (SSSR count). The predicted octanol–water partition coefficient (Wildman–Crippen LogP) is 3.69. The molecule has 2 N–H and O–H groups in total. The molecule has 0 radical (unpaired) electrons. The van der Waals surface area contributed by atoms with Crippen molar-refractivity contribution in [1.82, 2.24) is 0 Å². The maximum Gasteiger partial charge on any atom is 0.393 e. The number of hydrogen-bond acceptors (Lipinski definition) is 8. The molecule has 1 aliphatic heterocycles. The molecule has 1 aromatic carbocycles. The number of fused-ring (bicyclic) bond motifs is 2. The molecular weight excluding hydrogens is 519 g/mol. The van der Waals surface area contributed by atoms with Gasteiger partial charge < -0.3 is 9.32 Å². The molecule has 0 saturated heterocycles. The van der Waals surface area contributed by atoms with E-state index in [0.717, 1.165) is 11.8 Å². The molecule has 30 heavy (non-hydrogen) atoms. The van der Waals surface area contributed by atoms with E-state index in [9.17, 15) is 25.9 Å². The largest absolute Gasteiger partial charge is 0.412 e. The van der Waals surface area contributed by atoms with E-state index >= 15 is 0 Å². The van der Waals surface area contributed by atoms with Crippen LogP contribution in [0.25, 0.3) is 16.5 Å². The van der Waals surface area contributed by atoms with Crippen LogP contribution in [0.4, 0.5) is 5.69 Å². The smallest absolute Gasteiger partial charge is 0.393 e. The predicted molar refractivity (Wildman–Crippen MR) is 115 cm³/mol. The van der Waals surface area contributed by atoms with Crippen LogP contribution in [0.5, 0.6) is 0 Å². The molecule has 0 atom stereocenters. The van der Waals surface area contributed by atoms with Crippen molar-refractivity contribution in [2.24, 2.45) is 0 Å². The quantitative estimate of drug-likeness (QED) is 0.375. The summed E-state index contributed by atoms with van der Waals surface area (Å²) >= 11 is 14.5. The van der Waals surface area contributed by atoms with Crippen molar-refractivity contribution in [3.05, 3.63) is 44.5 Å². The van der Waals surface area contributed by atoms with Crippen LogP contribution in [0.15, 0.2) is 38.8 Å². The van der Waals surface area contributed by atoms with E-state index in [4.69, 9.17) is 27.6 Å². The molecule has 0 bridgehead atoms. The lowest BCUT2D eigenvalue weighted by atomic mass is 10.3. The number of rotatable bonds is 5. The van der Waals surface area contributed by atoms with Crippen molar-refractivity contribution in [2.45, 2.75) is 10.8 Å². The van der Waals surface area contributed by atoms with Crippen LogP contribution in [0.2, 0.25) is 10.0 Å². The first-order valence-corrected chi connectivity index (χ1v) is 13.5. The van der Waals surface area contributed by atoms with Gasteiger partial charge in [-0.2, -0.15) is 16.8 Å². The van der Waals surface area contributed by atoms with Crippen molar-refractivity contribution in [2.75, 3.05) is 10.8 Å². The summed E-state index contributed by atoms with van der Waals surface area (Å²) in [5.74, 6) is -1.51. The fourth-order valence-electron chi connectivity index (χ4n) is 2.83. The van der Waals surface area contributed by atoms with Gasteiger partial charge in [0, 0.05) is 11.0 Å². The summed E-state index contributed by atoms with van der Waals surface area (Å²) in [6, 6.07) is 4.67. The van der Waals surface area contributed by atoms with E-state index in [1.807, 2.05) is 0 Å². The zero-order valence-corrected chi connectivity index (χ0v) is 19.3. The van der Waals surface area contributed by atoms with Gasteiger partial charge in [-0.05, 0) is 12.1 Å². The van der Waals surface area contributed by atoms with Crippen LogP contribution in [0.3, 0.4) is 0 Å². The SMILES string of the molecule is O=S(=O)(O)CN1C(=Cc2sc3ccoc3[n+]2CS(=O)(=O)O)Sc2cc(Cl)c(Cl)cc21. The average Bonchev–Trinajstić information content (AvgIpc) is 3.24. The Labute approximate surface area is 189 Å². The Morgan fingerprint density at radius 3 is 2.50 bits per heavy atom. The van der Waals surface area contributed by atoms with Gasteiger partial charge in [-0.15, -0.1) is 4.57 Å². The first-order valence-electron chi connectivity index (χ1n) is 7.87. The highest BCUT2D eigenvalue weighted by molar-refractivity contribution is 8.04. The summed E-state index contributed by atoms with van der Waals surface area (Å²) < 4.78 is 72.0. The number of hydrogen-bond donors (Lipinski definition) is 2. The molecule has 0 spiro atoms. The Morgan fingerprint density at radius 2 is 1.83 bits per heavy atom. The standard InChI is InChI=1S/C15H10Cl2N2O7S4/c16-8-3-10-12(4-9(8)17)28-13(18(10)6-29(20,21)22)5-14-19(7-30(23,24)25)15-11(27-14)1-2-26-15/h1-5H,6-7H2,(H-,20,21,22,23,24,25)/p+1. The van der Waals surface area contributed by atoms with Crippen LogP contribution in [-0.4, -0.2) is 31.8 Å². The number of furan rings is 1. The van der Waals surface area contributed by atoms with Gasteiger partial charge in [0.2, 0.25) is 0 Å². The van der Waals surface area contributed by atoms with Gasteiger partial charge in [0.15, 0.2) is 5.88 Å². The Kier molecular flexibility index (Phi) is 5.60. The molecular formula is C15H11Cl2N2O7S4+. The third kappa shape index (κ3) is 4.48. The highest BCUT2D eigenvalue weighted by Gasteiger charge is 2.33. The average molecular weight is 530 g/mol. The minimum atomic E-state index is -4.41. The molecule has 15 heteroatoms. The molecule has 0 aliphatic carbocycles. The van der Waals surface area contributed by atoms with Gasteiger partial charge in [-0.25, -0.2) is 0 Å². The van der Waals surface area contributed by atoms with Gasteiger partial charge in [0.25, 0.3) is 21.0 Å². The molecule has 0 saturated carbocycles. The number of benzene rings is 1. The van der Waals surface area contributed by atoms with Crippen molar-refractivity contribution in [1.29, 1.82) is 0 Å². The van der Waals surface area contributed by atoms with Crippen molar-refractivity contribution in [3.63, 3.8) is 0 Å². The third-order valence-electron chi connectivity index (χ3n) is 3.94. The molecule has 160 valence electrons. The lowest BCUT2D eigenvalue weighted by Gasteiger charge is -2.18. The Morgan fingerprint density at radius 1 is 1.13 bits per heavy atom. The summed E-state index contributed by atoms with van der Waals surface area (Å²) in [7, 11) is -8.80. The maximum absolute atomic E-state index is 11.6. The first-order chi connectivity index (χ1) is 13.9. The van der Waals surface area contributed by atoms with E-state index in [-0.39, 0.29) is 15.8 Å². The minimum absolute atomic E-state index is 0.202. The molecule has 0 amide bonds. The number of aromatic nitrogens is 1. The Hall–Kier alpha value is -1.32. The van der Waals surface area contributed by atoms with Gasteiger partial charge in [-0.1, -0.05) is 46.3 Å². The Bertz CT molecular complexity index is 1410. The summed E-state index contributed by atoms with van der Waals surface area (Å²) in [6.07, 6.45) is 2.91. The van der Waals surface area contributed by atoms with Crippen molar-refractivity contribution < 1.29 is 34.9 Å². The van der Waals surface area contributed by atoms with Crippen molar-refractivity contribution in [3.8, 4) is 0 Å². The highest BCUT2D eigenvalue weighted by atomic mass is 35.5. The molecule has 9 nitrogen and oxygen atoms in total. The second kappa shape index (κ2) is 7.67. The molecule has 0 unspecified atom stereocenters. The van der Waals surface area contributed by atoms with E-state index in [0.29, 0.717) is 25.3 Å². The van der Waals surface area contributed by atoms with Gasteiger partial charge in [-0.3, -0.25) is 9.11 Å². The molecule has 3 aromatic rings. The van der Waals surface area contributed by atoms with E-state index in [1.54, 1.807) is 12.1 Å². The first kappa shape index (κ1) is 21.9. The zero-order chi connectivity index (χ0) is 21.8. The number of anilines is 1. The van der Waals surface area contributed by atoms with Gasteiger partial charge in [0.1, 0.15) is 4.70 Å². The summed E-state index contributed by atoms with van der Waals surface area (Å²) in [4.78, 5) is 1.91. The molecule has 1 aliphatic rings. The van der Waals surface area contributed by atoms with Crippen LogP contribution in [-0.2, 0) is 26.1 Å². The van der Waals surface area contributed by atoms with Crippen LogP contribution in [0, 0.1) is 0 Å². The summed E-state index contributed by atoms with van der Waals surface area (Å²) in [5, 5.41) is 1.21. The third-order valence-corrected chi connectivity index (χ3v) is 8.00. The van der Waals surface area contributed by atoms with Crippen LogP contribution in [0.1, 0.15) is 5.01 Å². The second-order valence-electron chi connectivity index (χ2n) is 6.13. The molecule has 2 aromatic heterocycles. The minimum Gasteiger partial charge on any atom is -0.412 e. The Balaban J connectivity index is 1.86. The molecule has 3 heterocycles. The number of thioether (sulfide) groups is 1. The maximum atomic E-state index is 11.6. The number of thiazole rings is 1. The lowest BCUT2D eigenvalue weighted by Crippen LogP contribution is -2.39. The summed E-state index contributed by atoms with van der Waals surface area (Å²) in [5.41, 5.74) is 0.650. The van der Waals surface area contributed by atoms with Gasteiger partial charge >= 0.3 is 15.8 Å². The number of halogens is 2. The van der Waals surface area contributed by atoms with Crippen LogP contribution >= 0.6 is 46.3 Å². The normalized spacial score (nSPS) is 16.0. The topological polar surface area (TPSA) is 129 Å². The van der Waals surface area contributed by atoms with Crippen LogP contribution < -0.4 is 9.47 Å². The van der Waals surface area contributed by atoms with Crippen molar-refractivity contribution >= 4 is 88.7 Å². The molecule has 0 fully saturated rings. The lowest BCUT2D eigenvalue weighted by molar-refractivity contribution is -0.655. The van der Waals surface area contributed by atoms with Gasteiger partial charge in [0.05, 0.1) is 33.1 Å². The van der Waals surface area contributed by atoms with E-state index in [1.165, 1.54) is 39.2 Å².